The summed E-state index contributed by atoms with van der Waals surface area (Å²) in [6.07, 6.45) is 0. The van der Waals surface area contributed by atoms with Gasteiger partial charge in [0.05, 0.1) is 13.2 Å². The molecule has 1 aliphatic rings. The van der Waals surface area contributed by atoms with Crippen molar-refractivity contribution < 1.29 is 4.74 Å². The third-order valence-electron chi connectivity index (χ3n) is 1.09. The average Bonchev–Trinajstić information content (AvgIpc) is 1.90. The standard InChI is InChI=1S/C4H9NOS2/c7-8-5-1-3-6-4-2-5/h7H,1-4H2. The zero-order chi connectivity index (χ0) is 5.82. The number of hydrogen-bond acceptors (Lipinski definition) is 4. The highest BCUT2D eigenvalue weighted by atomic mass is 33.1. The summed E-state index contributed by atoms with van der Waals surface area (Å²) < 4.78 is 7.29. The summed E-state index contributed by atoms with van der Waals surface area (Å²) >= 11 is 4.05. The summed E-state index contributed by atoms with van der Waals surface area (Å²) in [7, 11) is 1.49. The van der Waals surface area contributed by atoms with Crippen LogP contribution < -0.4 is 0 Å². The molecule has 0 aromatic carbocycles. The van der Waals surface area contributed by atoms with E-state index in [0.29, 0.717) is 0 Å². The second-order valence-electron chi connectivity index (χ2n) is 1.62. The molecule has 0 aliphatic carbocycles. The Kier molecular flexibility index (Phi) is 3.04. The Morgan fingerprint density at radius 2 is 2.00 bits per heavy atom. The molecule has 2 nitrogen and oxygen atoms in total. The Morgan fingerprint density at radius 3 is 2.38 bits per heavy atom. The molecule has 0 aromatic heterocycles. The number of nitrogens with zero attached hydrogens (tertiary/aromatic N) is 1. The van der Waals surface area contributed by atoms with E-state index in [9.17, 15) is 0 Å². The third kappa shape index (κ3) is 1.85. The average molecular weight is 151 g/mol. The maximum Gasteiger partial charge on any atom is 0.0603 e. The van der Waals surface area contributed by atoms with Crippen LogP contribution in [-0.2, 0) is 4.74 Å². The maximum atomic E-state index is 5.11. The van der Waals surface area contributed by atoms with Gasteiger partial charge in [-0.25, -0.2) is 4.31 Å². The van der Waals surface area contributed by atoms with Crippen LogP contribution in [0.25, 0.3) is 0 Å². The SMILES string of the molecule is SSN1CCOCC1. The minimum absolute atomic E-state index is 0.855. The molecule has 48 valence electrons. The van der Waals surface area contributed by atoms with E-state index >= 15 is 0 Å². The molecule has 4 heteroatoms. The third-order valence-corrected chi connectivity index (χ3v) is 2.37. The van der Waals surface area contributed by atoms with Gasteiger partial charge in [-0.2, -0.15) is 0 Å². The molecule has 0 N–H and O–H groups in total. The van der Waals surface area contributed by atoms with Gasteiger partial charge in [-0.1, -0.05) is 11.7 Å². The Labute approximate surface area is 58.5 Å². The molecule has 0 saturated carbocycles. The topological polar surface area (TPSA) is 12.5 Å². The molecule has 0 bridgehead atoms. The molecule has 0 amide bonds. The van der Waals surface area contributed by atoms with Crippen molar-refractivity contribution in [1.29, 1.82) is 0 Å². The molecule has 1 aliphatic heterocycles. The van der Waals surface area contributed by atoms with E-state index in [2.05, 4.69) is 16.0 Å². The summed E-state index contributed by atoms with van der Waals surface area (Å²) in [5, 5.41) is 0. The van der Waals surface area contributed by atoms with Crippen molar-refractivity contribution in [1.82, 2.24) is 4.31 Å². The molecule has 1 fully saturated rings. The highest BCUT2D eigenvalue weighted by Gasteiger charge is 2.07. The fourth-order valence-corrected chi connectivity index (χ4v) is 1.43. The zero-order valence-corrected chi connectivity index (χ0v) is 6.25. The van der Waals surface area contributed by atoms with Gasteiger partial charge in [-0.3, -0.25) is 0 Å². The van der Waals surface area contributed by atoms with Crippen molar-refractivity contribution >= 4 is 22.6 Å². The molecule has 1 rings (SSSR count). The van der Waals surface area contributed by atoms with Gasteiger partial charge in [-0.05, 0) is 11.0 Å². The van der Waals surface area contributed by atoms with E-state index in [4.69, 9.17) is 4.74 Å². The first-order valence-corrected chi connectivity index (χ1v) is 4.40. The van der Waals surface area contributed by atoms with Gasteiger partial charge in [0, 0.05) is 13.1 Å². The van der Waals surface area contributed by atoms with Gasteiger partial charge < -0.3 is 4.74 Å². The second kappa shape index (κ2) is 3.61. The predicted octanol–water partition coefficient (Wildman–Crippen LogP) is 0.812. The van der Waals surface area contributed by atoms with Gasteiger partial charge in [0.2, 0.25) is 0 Å². The van der Waals surface area contributed by atoms with Gasteiger partial charge >= 0.3 is 0 Å². The minimum atomic E-state index is 0.855. The first kappa shape index (κ1) is 6.74. The fourth-order valence-electron chi connectivity index (χ4n) is 0.628. The summed E-state index contributed by atoms with van der Waals surface area (Å²) in [4.78, 5) is 0. The number of thiol groups is 1. The van der Waals surface area contributed by atoms with E-state index < -0.39 is 0 Å². The van der Waals surface area contributed by atoms with E-state index in [1.807, 2.05) is 0 Å². The van der Waals surface area contributed by atoms with Crippen LogP contribution in [0.2, 0.25) is 0 Å². The van der Waals surface area contributed by atoms with Crippen molar-refractivity contribution in [2.75, 3.05) is 26.3 Å². The van der Waals surface area contributed by atoms with Gasteiger partial charge in [0.15, 0.2) is 0 Å². The largest absolute Gasteiger partial charge is 0.379 e. The van der Waals surface area contributed by atoms with Crippen molar-refractivity contribution in [3.05, 3.63) is 0 Å². The predicted molar refractivity (Wildman–Crippen MR) is 39.0 cm³/mol. The Morgan fingerprint density at radius 1 is 1.38 bits per heavy atom. The normalized spacial score (nSPS) is 23.6. The summed E-state index contributed by atoms with van der Waals surface area (Å²) in [5.74, 6) is 0. The van der Waals surface area contributed by atoms with Gasteiger partial charge in [-0.15, -0.1) is 0 Å². The second-order valence-corrected chi connectivity index (χ2v) is 2.79. The molecule has 1 heterocycles. The quantitative estimate of drug-likeness (QED) is 0.338. The Bertz CT molecular complexity index is 65.1. The number of rotatable bonds is 1. The molecule has 8 heavy (non-hydrogen) atoms. The van der Waals surface area contributed by atoms with Crippen molar-refractivity contribution in [3.63, 3.8) is 0 Å². The van der Waals surface area contributed by atoms with Crippen LogP contribution in [0, 0.1) is 0 Å². The van der Waals surface area contributed by atoms with E-state index in [-0.39, 0.29) is 0 Å². The van der Waals surface area contributed by atoms with Crippen molar-refractivity contribution in [2.45, 2.75) is 0 Å². The minimum Gasteiger partial charge on any atom is -0.379 e. The van der Waals surface area contributed by atoms with Crippen LogP contribution >= 0.6 is 22.6 Å². The van der Waals surface area contributed by atoms with Crippen LogP contribution in [0.5, 0.6) is 0 Å². The van der Waals surface area contributed by atoms with Crippen LogP contribution in [0.1, 0.15) is 0 Å². The van der Waals surface area contributed by atoms with Crippen molar-refractivity contribution in [2.24, 2.45) is 0 Å². The van der Waals surface area contributed by atoms with E-state index in [0.717, 1.165) is 26.3 Å². The summed E-state index contributed by atoms with van der Waals surface area (Å²) in [5.41, 5.74) is 0. The van der Waals surface area contributed by atoms with Crippen LogP contribution in [0.15, 0.2) is 0 Å². The number of ether oxygens (including phenoxy) is 1. The molecule has 0 atom stereocenters. The lowest BCUT2D eigenvalue weighted by molar-refractivity contribution is 0.0779. The first-order chi connectivity index (χ1) is 3.93. The van der Waals surface area contributed by atoms with Crippen LogP contribution in [-0.4, -0.2) is 30.6 Å². The van der Waals surface area contributed by atoms with Crippen molar-refractivity contribution in [3.8, 4) is 0 Å². The molecule has 0 spiro atoms. The monoisotopic (exact) mass is 151 g/mol. The molecule has 0 radical (unpaired) electrons. The first-order valence-electron chi connectivity index (χ1n) is 2.57. The molecule has 1 saturated heterocycles. The molecule has 0 unspecified atom stereocenters. The van der Waals surface area contributed by atoms with E-state index in [1.54, 1.807) is 0 Å². The number of hydrogen-bond donors (Lipinski definition) is 1. The van der Waals surface area contributed by atoms with E-state index in [1.165, 1.54) is 11.0 Å². The van der Waals surface area contributed by atoms with Crippen LogP contribution in [0.3, 0.4) is 0 Å². The Hall–Kier alpha value is 0.620. The number of morpholine rings is 1. The molecule has 0 aromatic rings. The lowest BCUT2D eigenvalue weighted by Crippen LogP contribution is -2.29. The molecular weight excluding hydrogens is 142 g/mol. The zero-order valence-electron chi connectivity index (χ0n) is 4.54. The summed E-state index contributed by atoms with van der Waals surface area (Å²) in [6, 6.07) is 0. The van der Waals surface area contributed by atoms with Gasteiger partial charge in [0.1, 0.15) is 0 Å². The maximum absolute atomic E-state index is 5.11. The van der Waals surface area contributed by atoms with Gasteiger partial charge in [0.25, 0.3) is 0 Å². The highest BCUT2D eigenvalue weighted by molar-refractivity contribution is 8.67. The molecular formula is C4H9NOS2. The smallest absolute Gasteiger partial charge is 0.0603 e. The lowest BCUT2D eigenvalue weighted by Gasteiger charge is -2.22. The fraction of sp³-hybridized carbons (Fsp3) is 1.00. The lowest BCUT2D eigenvalue weighted by atomic mass is 10.5. The Balaban J connectivity index is 2.13. The highest BCUT2D eigenvalue weighted by Crippen LogP contribution is 2.14. The van der Waals surface area contributed by atoms with Crippen LogP contribution in [0.4, 0.5) is 0 Å². The summed E-state index contributed by atoms with van der Waals surface area (Å²) in [6.45, 7) is 3.73.